The number of amides is 1. The van der Waals surface area contributed by atoms with Crippen molar-refractivity contribution >= 4 is 38.9 Å². The van der Waals surface area contributed by atoms with Crippen molar-refractivity contribution in [2.45, 2.75) is 0 Å². The number of carbonyl (C=O) groups is 1. The molecule has 20 heavy (non-hydrogen) atoms. The predicted molar refractivity (Wildman–Crippen MR) is 87.3 cm³/mol. The van der Waals surface area contributed by atoms with Crippen LogP contribution >= 0.6 is 15.9 Å². The Morgan fingerprint density at radius 3 is 2.35 bits per heavy atom. The maximum absolute atomic E-state index is 12.1. The summed E-state index contributed by atoms with van der Waals surface area (Å²) in [5.41, 5.74) is 8.72. The third kappa shape index (κ3) is 3.30. The molecule has 104 valence electrons. The molecule has 4 nitrogen and oxygen atoms in total. The largest absolute Gasteiger partial charge is 0.398 e. The molecule has 0 aliphatic carbocycles. The fraction of sp³-hybridized carbons (Fsp3) is 0.133. The van der Waals surface area contributed by atoms with E-state index in [9.17, 15) is 4.79 Å². The summed E-state index contributed by atoms with van der Waals surface area (Å²) in [5.74, 6) is -0.146. The highest BCUT2D eigenvalue weighted by atomic mass is 79.9. The lowest BCUT2D eigenvalue weighted by Crippen LogP contribution is -2.13. The summed E-state index contributed by atoms with van der Waals surface area (Å²) in [5, 5.41) is 2.84. The van der Waals surface area contributed by atoms with Gasteiger partial charge >= 0.3 is 0 Å². The SMILES string of the molecule is CN(C)c1ccc(C(=O)Nc2ccc(N)c(Br)c2)cc1. The lowest BCUT2D eigenvalue weighted by atomic mass is 10.2. The number of nitrogens with one attached hydrogen (secondary N) is 1. The van der Waals surface area contributed by atoms with E-state index in [0.29, 0.717) is 16.9 Å². The summed E-state index contributed by atoms with van der Waals surface area (Å²) in [6, 6.07) is 12.7. The number of anilines is 3. The summed E-state index contributed by atoms with van der Waals surface area (Å²) in [4.78, 5) is 14.1. The van der Waals surface area contributed by atoms with Crippen LogP contribution in [-0.4, -0.2) is 20.0 Å². The summed E-state index contributed by atoms with van der Waals surface area (Å²) >= 11 is 3.34. The molecule has 0 aliphatic rings. The third-order valence-corrected chi connectivity index (χ3v) is 3.59. The van der Waals surface area contributed by atoms with Crippen molar-refractivity contribution in [2.24, 2.45) is 0 Å². The molecule has 0 heterocycles. The molecule has 2 aromatic rings. The van der Waals surface area contributed by atoms with Crippen LogP contribution in [0.3, 0.4) is 0 Å². The van der Waals surface area contributed by atoms with Crippen LogP contribution in [0, 0.1) is 0 Å². The zero-order valence-corrected chi connectivity index (χ0v) is 12.9. The molecule has 0 aromatic heterocycles. The highest BCUT2D eigenvalue weighted by Crippen LogP contribution is 2.23. The Labute approximate surface area is 126 Å². The van der Waals surface area contributed by atoms with Gasteiger partial charge in [-0.3, -0.25) is 4.79 Å². The first-order chi connectivity index (χ1) is 9.47. The maximum atomic E-state index is 12.1. The van der Waals surface area contributed by atoms with Crippen LogP contribution in [0.2, 0.25) is 0 Å². The van der Waals surface area contributed by atoms with Gasteiger partial charge in [-0.05, 0) is 58.4 Å². The summed E-state index contributed by atoms with van der Waals surface area (Å²) < 4.78 is 0.762. The van der Waals surface area contributed by atoms with Gasteiger partial charge in [0.2, 0.25) is 0 Å². The number of carbonyl (C=O) groups excluding carboxylic acids is 1. The Balaban J connectivity index is 2.13. The number of benzene rings is 2. The predicted octanol–water partition coefficient (Wildman–Crippen LogP) is 3.35. The van der Waals surface area contributed by atoms with Gasteiger partial charge in [-0.2, -0.15) is 0 Å². The second-order valence-corrected chi connectivity index (χ2v) is 5.49. The van der Waals surface area contributed by atoms with E-state index in [2.05, 4.69) is 21.2 Å². The number of rotatable bonds is 3. The van der Waals surface area contributed by atoms with Crippen LogP contribution in [0.1, 0.15) is 10.4 Å². The van der Waals surface area contributed by atoms with Crippen LogP contribution in [-0.2, 0) is 0 Å². The molecule has 0 bridgehead atoms. The molecule has 0 spiro atoms. The van der Waals surface area contributed by atoms with Crippen LogP contribution in [0.25, 0.3) is 0 Å². The number of halogens is 1. The molecule has 3 N–H and O–H groups in total. The standard InChI is InChI=1S/C15H16BrN3O/c1-19(2)12-6-3-10(4-7-12)15(20)18-11-5-8-14(17)13(16)9-11/h3-9H,17H2,1-2H3,(H,18,20). The van der Waals surface area contributed by atoms with Gasteiger partial charge in [-0.25, -0.2) is 0 Å². The Kier molecular flexibility index (Phi) is 4.29. The van der Waals surface area contributed by atoms with Crippen LogP contribution < -0.4 is 16.0 Å². The molecule has 1 amide bonds. The second-order valence-electron chi connectivity index (χ2n) is 4.63. The highest BCUT2D eigenvalue weighted by molar-refractivity contribution is 9.10. The van der Waals surface area contributed by atoms with Crippen molar-refractivity contribution in [3.8, 4) is 0 Å². The topological polar surface area (TPSA) is 58.4 Å². The minimum absolute atomic E-state index is 0.146. The molecule has 0 saturated heterocycles. The number of hydrogen-bond acceptors (Lipinski definition) is 3. The number of nitrogens with two attached hydrogens (primary N) is 1. The Bertz CT molecular complexity index is 624. The highest BCUT2D eigenvalue weighted by Gasteiger charge is 2.07. The van der Waals surface area contributed by atoms with E-state index in [0.717, 1.165) is 10.2 Å². The smallest absolute Gasteiger partial charge is 0.255 e. The molecule has 0 fully saturated rings. The van der Waals surface area contributed by atoms with E-state index in [1.165, 1.54) is 0 Å². The zero-order chi connectivity index (χ0) is 14.7. The number of hydrogen-bond donors (Lipinski definition) is 2. The van der Waals surface area contributed by atoms with E-state index in [1.807, 2.05) is 31.1 Å². The maximum Gasteiger partial charge on any atom is 0.255 e. The lowest BCUT2D eigenvalue weighted by molar-refractivity contribution is 0.102. The second kappa shape index (κ2) is 5.96. The van der Waals surface area contributed by atoms with Gasteiger partial charge in [0.1, 0.15) is 0 Å². The molecular weight excluding hydrogens is 318 g/mol. The van der Waals surface area contributed by atoms with Crippen molar-refractivity contribution in [1.82, 2.24) is 0 Å². The summed E-state index contributed by atoms with van der Waals surface area (Å²) in [7, 11) is 3.92. The molecule has 0 saturated carbocycles. The number of nitrogen functional groups attached to an aromatic ring is 1. The first kappa shape index (κ1) is 14.4. The third-order valence-electron chi connectivity index (χ3n) is 2.90. The fourth-order valence-corrected chi connectivity index (χ4v) is 2.10. The van der Waals surface area contributed by atoms with Gasteiger partial charge in [-0.15, -0.1) is 0 Å². The Morgan fingerprint density at radius 1 is 1.15 bits per heavy atom. The first-order valence-corrected chi connectivity index (χ1v) is 6.90. The van der Waals surface area contributed by atoms with E-state index in [1.54, 1.807) is 30.3 Å². The van der Waals surface area contributed by atoms with E-state index in [-0.39, 0.29) is 5.91 Å². The van der Waals surface area contributed by atoms with Gasteiger partial charge in [0, 0.05) is 41.2 Å². The average Bonchev–Trinajstić information content (AvgIpc) is 2.43. The minimum Gasteiger partial charge on any atom is -0.398 e. The van der Waals surface area contributed by atoms with E-state index >= 15 is 0 Å². The fourth-order valence-electron chi connectivity index (χ4n) is 1.72. The van der Waals surface area contributed by atoms with Crippen molar-refractivity contribution in [2.75, 3.05) is 30.0 Å². The molecule has 0 unspecified atom stereocenters. The zero-order valence-electron chi connectivity index (χ0n) is 11.4. The Hall–Kier alpha value is -2.01. The van der Waals surface area contributed by atoms with Crippen LogP contribution in [0.15, 0.2) is 46.9 Å². The molecule has 2 aromatic carbocycles. The Morgan fingerprint density at radius 2 is 1.80 bits per heavy atom. The lowest BCUT2D eigenvalue weighted by Gasteiger charge is -2.12. The van der Waals surface area contributed by atoms with Gasteiger partial charge in [-0.1, -0.05) is 0 Å². The molecule has 0 radical (unpaired) electrons. The van der Waals surface area contributed by atoms with Crippen molar-refractivity contribution in [3.05, 3.63) is 52.5 Å². The van der Waals surface area contributed by atoms with Crippen molar-refractivity contribution in [3.63, 3.8) is 0 Å². The minimum atomic E-state index is -0.146. The van der Waals surface area contributed by atoms with E-state index in [4.69, 9.17) is 5.73 Å². The first-order valence-electron chi connectivity index (χ1n) is 6.11. The summed E-state index contributed by atoms with van der Waals surface area (Å²) in [6.07, 6.45) is 0. The van der Waals surface area contributed by atoms with Gasteiger partial charge < -0.3 is 16.0 Å². The number of nitrogens with zero attached hydrogens (tertiary/aromatic N) is 1. The monoisotopic (exact) mass is 333 g/mol. The molecule has 0 aliphatic heterocycles. The summed E-state index contributed by atoms with van der Waals surface area (Å²) in [6.45, 7) is 0. The quantitative estimate of drug-likeness (QED) is 0.847. The van der Waals surface area contributed by atoms with Crippen molar-refractivity contribution in [1.29, 1.82) is 0 Å². The van der Waals surface area contributed by atoms with Crippen LogP contribution in [0.5, 0.6) is 0 Å². The molecular formula is C15H16BrN3O. The van der Waals surface area contributed by atoms with E-state index < -0.39 is 0 Å². The van der Waals surface area contributed by atoms with Crippen molar-refractivity contribution < 1.29 is 4.79 Å². The normalized spacial score (nSPS) is 10.2. The van der Waals surface area contributed by atoms with Gasteiger partial charge in [0.05, 0.1) is 0 Å². The molecule has 5 heteroatoms. The average molecular weight is 334 g/mol. The van der Waals surface area contributed by atoms with Gasteiger partial charge in [0.15, 0.2) is 0 Å². The van der Waals surface area contributed by atoms with Gasteiger partial charge in [0.25, 0.3) is 5.91 Å². The molecule has 2 rings (SSSR count). The molecule has 0 atom stereocenters. The van der Waals surface area contributed by atoms with Crippen LogP contribution in [0.4, 0.5) is 17.1 Å².